The fourth-order valence-corrected chi connectivity index (χ4v) is 5.62. The third-order valence-electron chi connectivity index (χ3n) is 7.48. The highest BCUT2D eigenvalue weighted by molar-refractivity contribution is 5.89. The average molecular weight is 450 g/mol. The van der Waals surface area contributed by atoms with Crippen LogP contribution in [0.4, 0.5) is 10.2 Å². The van der Waals surface area contributed by atoms with Gasteiger partial charge in [0.05, 0.1) is 17.1 Å². The number of fused-ring (bicyclic) bond motifs is 3. The van der Waals surface area contributed by atoms with Crippen molar-refractivity contribution in [2.75, 3.05) is 4.90 Å². The number of benzene rings is 1. The van der Waals surface area contributed by atoms with E-state index in [1.54, 1.807) is 19.3 Å². The summed E-state index contributed by atoms with van der Waals surface area (Å²) in [5, 5.41) is 24.1. The summed E-state index contributed by atoms with van der Waals surface area (Å²) in [6.07, 6.45) is 6.76. The Kier molecular flexibility index (Phi) is 4.87. The normalized spacial score (nSPS) is 27.0. The number of aromatic nitrogens is 3. The van der Waals surface area contributed by atoms with Crippen molar-refractivity contribution in [3.63, 3.8) is 0 Å². The van der Waals surface area contributed by atoms with Gasteiger partial charge in [0.1, 0.15) is 11.9 Å². The number of piperidine rings is 2. The van der Waals surface area contributed by atoms with Crippen LogP contribution < -0.4 is 15.8 Å². The molecule has 8 heteroatoms. The number of nitrogens with zero attached hydrogens (tertiary/aromatic N) is 4. The van der Waals surface area contributed by atoms with Crippen LogP contribution in [0.2, 0.25) is 0 Å². The van der Waals surface area contributed by atoms with E-state index < -0.39 is 6.17 Å². The van der Waals surface area contributed by atoms with E-state index in [-0.39, 0.29) is 23.4 Å². The largest absolute Gasteiger partial charge is 0.507 e. The maximum absolute atomic E-state index is 15.4. The molecule has 2 N–H and O–H groups in total. The van der Waals surface area contributed by atoms with Crippen molar-refractivity contribution in [3.05, 3.63) is 46.9 Å². The van der Waals surface area contributed by atoms with E-state index in [4.69, 9.17) is 0 Å². The second-order valence-electron chi connectivity index (χ2n) is 9.75. The molecule has 3 aliphatic rings. The molecule has 7 nitrogen and oxygen atoms in total. The van der Waals surface area contributed by atoms with Crippen LogP contribution in [0.3, 0.4) is 0 Å². The van der Waals surface area contributed by atoms with Gasteiger partial charge in [-0.05, 0) is 67.8 Å². The summed E-state index contributed by atoms with van der Waals surface area (Å²) in [6, 6.07) is 9.24. The lowest BCUT2D eigenvalue weighted by molar-refractivity contribution is 0.104. The fraction of sp³-hybridized carbons (Fsp3) is 0.480. The number of halogens is 1. The predicted molar refractivity (Wildman–Crippen MR) is 125 cm³/mol. The van der Waals surface area contributed by atoms with Crippen LogP contribution >= 0.6 is 0 Å². The molecule has 1 saturated carbocycles. The molecule has 3 aromatic rings. The van der Waals surface area contributed by atoms with E-state index in [2.05, 4.69) is 20.4 Å². The van der Waals surface area contributed by atoms with E-state index in [1.807, 2.05) is 18.2 Å². The van der Waals surface area contributed by atoms with Crippen molar-refractivity contribution in [3.8, 4) is 17.0 Å². The lowest BCUT2D eigenvalue weighted by atomic mass is 9.82. The van der Waals surface area contributed by atoms with Crippen LogP contribution in [0.1, 0.15) is 38.5 Å². The number of pyridine rings is 1. The summed E-state index contributed by atoms with van der Waals surface area (Å²) >= 11 is 0. The molecule has 2 aliphatic heterocycles. The van der Waals surface area contributed by atoms with Gasteiger partial charge in [0.15, 0.2) is 5.82 Å². The number of hydrogen-bond donors (Lipinski definition) is 2. The van der Waals surface area contributed by atoms with Crippen LogP contribution in [0.5, 0.6) is 5.75 Å². The molecule has 33 heavy (non-hydrogen) atoms. The van der Waals surface area contributed by atoms with Gasteiger partial charge in [0.2, 0.25) is 0 Å². The zero-order valence-corrected chi connectivity index (χ0v) is 18.6. The molecule has 2 bridgehead atoms. The summed E-state index contributed by atoms with van der Waals surface area (Å²) in [7, 11) is 1.68. The van der Waals surface area contributed by atoms with Crippen LogP contribution in [0.25, 0.3) is 22.0 Å². The van der Waals surface area contributed by atoms with Gasteiger partial charge in [-0.2, -0.15) is 0 Å². The summed E-state index contributed by atoms with van der Waals surface area (Å²) in [5.41, 5.74) is 0.879. The molecule has 0 amide bonds. The number of aryl methyl sites for hydroxylation is 1. The number of rotatable bonds is 4. The fourth-order valence-electron chi connectivity index (χ4n) is 5.62. The van der Waals surface area contributed by atoms with Crippen LogP contribution in [-0.2, 0) is 7.05 Å². The minimum atomic E-state index is -0.921. The van der Waals surface area contributed by atoms with Crippen molar-refractivity contribution in [1.29, 1.82) is 0 Å². The van der Waals surface area contributed by atoms with Gasteiger partial charge >= 0.3 is 0 Å². The highest BCUT2D eigenvalue weighted by Gasteiger charge is 2.46. The van der Waals surface area contributed by atoms with Crippen molar-refractivity contribution in [2.45, 2.75) is 68.9 Å². The van der Waals surface area contributed by atoms with E-state index in [0.717, 1.165) is 43.9 Å². The Morgan fingerprint density at radius 3 is 2.76 bits per heavy atom. The third-order valence-corrected chi connectivity index (χ3v) is 7.48. The molecule has 1 aromatic carbocycles. The number of aromatic hydroxyl groups is 1. The van der Waals surface area contributed by atoms with E-state index >= 15 is 4.39 Å². The number of phenolic OH excluding ortho intramolecular Hbond substituents is 1. The van der Waals surface area contributed by atoms with Crippen molar-refractivity contribution in [2.24, 2.45) is 7.05 Å². The number of anilines is 1. The van der Waals surface area contributed by atoms with Gasteiger partial charge in [-0.25, -0.2) is 4.39 Å². The molecular weight excluding hydrogens is 421 g/mol. The first kappa shape index (κ1) is 20.6. The monoisotopic (exact) mass is 449 g/mol. The Labute approximate surface area is 191 Å². The minimum absolute atomic E-state index is 0.0121. The first-order chi connectivity index (χ1) is 16.0. The third kappa shape index (κ3) is 3.57. The Hall–Kier alpha value is -3.00. The van der Waals surface area contributed by atoms with Gasteiger partial charge in [0, 0.05) is 36.9 Å². The summed E-state index contributed by atoms with van der Waals surface area (Å²) in [6.45, 7) is 0. The molecule has 4 atom stereocenters. The topological polar surface area (TPSA) is 83.3 Å². The van der Waals surface area contributed by atoms with Gasteiger partial charge in [-0.15, -0.1) is 10.2 Å². The molecule has 6 rings (SSSR count). The van der Waals surface area contributed by atoms with E-state index in [9.17, 15) is 9.90 Å². The molecule has 172 valence electrons. The highest BCUT2D eigenvalue weighted by atomic mass is 19.1. The SMILES string of the molecule is Cn1ccc2cc(-c3ccc(N(C4CC4)C4CC5CCCC(N5)C4F)nn3)c(O)cc2c1=O. The second kappa shape index (κ2) is 7.80. The summed E-state index contributed by atoms with van der Waals surface area (Å²) in [4.78, 5) is 14.5. The maximum atomic E-state index is 15.4. The Bertz CT molecular complexity index is 1260. The van der Waals surface area contributed by atoms with Gasteiger partial charge in [-0.1, -0.05) is 6.42 Å². The minimum Gasteiger partial charge on any atom is -0.507 e. The standard InChI is InChI=1S/C25H28FN5O2/c1-30-10-9-14-11-18(22(32)13-17(14)25(30)33)19-7-8-23(29-28-19)31(16-5-6-16)21-12-15-3-2-4-20(27-15)24(21)26/h7-11,13,15-16,20-21,24,27,32H,2-6,12H2,1H3. The number of nitrogens with one attached hydrogen (secondary N) is 1. The first-order valence-electron chi connectivity index (χ1n) is 11.8. The van der Waals surface area contributed by atoms with Crippen LogP contribution in [0, 0.1) is 0 Å². The molecular formula is C25H28FN5O2. The van der Waals surface area contributed by atoms with E-state index in [0.29, 0.717) is 34.5 Å². The molecule has 0 radical (unpaired) electrons. The predicted octanol–water partition coefficient (Wildman–Crippen LogP) is 3.29. The van der Waals surface area contributed by atoms with Gasteiger partial charge < -0.3 is 19.9 Å². The zero-order valence-electron chi connectivity index (χ0n) is 18.6. The van der Waals surface area contributed by atoms with E-state index in [1.165, 1.54) is 10.6 Å². The first-order valence-corrected chi connectivity index (χ1v) is 11.8. The van der Waals surface area contributed by atoms with Crippen molar-refractivity contribution in [1.82, 2.24) is 20.1 Å². The highest BCUT2D eigenvalue weighted by Crippen LogP contribution is 2.40. The van der Waals surface area contributed by atoms with Crippen molar-refractivity contribution < 1.29 is 9.50 Å². The maximum Gasteiger partial charge on any atom is 0.258 e. The molecule has 3 fully saturated rings. The van der Waals surface area contributed by atoms with Crippen LogP contribution in [0.15, 0.2) is 41.3 Å². The zero-order chi connectivity index (χ0) is 22.7. The lowest BCUT2D eigenvalue weighted by Gasteiger charge is -2.47. The quantitative estimate of drug-likeness (QED) is 0.636. The summed E-state index contributed by atoms with van der Waals surface area (Å²) < 4.78 is 16.9. The lowest BCUT2D eigenvalue weighted by Crippen LogP contribution is -2.62. The van der Waals surface area contributed by atoms with Crippen molar-refractivity contribution >= 4 is 16.6 Å². The molecule has 2 saturated heterocycles. The second-order valence-corrected chi connectivity index (χ2v) is 9.75. The Balaban J connectivity index is 1.33. The van der Waals surface area contributed by atoms with Crippen LogP contribution in [-0.4, -0.2) is 50.2 Å². The molecule has 4 unspecified atom stereocenters. The smallest absolute Gasteiger partial charge is 0.258 e. The number of hydrogen-bond acceptors (Lipinski definition) is 6. The summed E-state index contributed by atoms with van der Waals surface area (Å²) in [5.74, 6) is 0.685. The van der Waals surface area contributed by atoms with Gasteiger partial charge in [-0.3, -0.25) is 4.79 Å². The Morgan fingerprint density at radius 2 is 2.00 bits per heavy atom. The number of alkyl halides is 1. The molecule has 2 aromatic heterocycles. The van der Waals surface area contributed by atoms with Gasteiger partial charge in [0.25, 0.3) is 5.56 Å². The number of phenols is 1. The Morgan fingerprint density at radius 1 is 1.15 bits per heavy atom. The average Bonchev–Trinajstić information content (AvgIpc) is 3.66. The molecule has 1 aliphatic carbocycles. The molecule has 4 heterocycles. The molecule has 0 spiro atoms.